The molecule has 3 aromatic heterocycles. The smallest absolute Gasteiger partial charge is 0.246 e. The number of piperazine rings is 1. The van der Waals surface area contributed by atoms with Crippen LogP contribution in [0.25, 0.3) is 0 Å². The minimum Gasteiger partial charge on any atom is -0.354 e. The molecule has 4 heterocycles. The van der Waals surface area contributed by atoms with Gasteiger partial charge in [-0.15, -0.1) is 0 Å². The first-order chi connectivity index (χ1) is 14.3. The number of H-pyrrole nitrogens is 1. The molecule has 0 radical (unpaired) electrons. The molecule has 11 heteroatoms. The van der Waals surface area contributed by atoms with E-state index in [-0.39, 0.29) is 4.90 Å². The molecule has 0 aromatic carbocycles. The van der Waals surface area contributed by atoms with Crippen molar-refractivity contribution < 1.29 is 8.42 Å². The lowest BCUT2D eigenvalue weighted by molar-refractivity contribution is 0.383. The van der Waals surface area contributed by atoms with Crippen LogP contribution in [-0.2, 0) is 10.0 Å². The van der Waals surface area contributed by atoms with Gasteiger partial charge in [-0.1, -0.05) is 6.07 Å². The van der Waals surface area contributed by atoms with E-state index in [1.165, 1.54) is 4.31 Å². The summed E-state index contributed by atoms with van der Waals surface area (Å²) in [5.41, 5.74) is 1.05. The SMILES string of the molecule is Cc1nc(Nc2ccccn2)cc(N2CCN(S(=O)(=O)c3c(C)n[nH]c3C)CC2)n1. The number of nitrogens with one attached hydrogen (secondary N) is 2. The summed E-state index contributed by atoms with van der Waals surface area (Å²) in [6.07, 6.45) is 1.71. The zero-order chi connectivity index (χ0) is 21.3. The second-order valence-corrected chi connectivity index (χ2v) is 9.03. The zero-order valence-corrected chi connectivity index (χ0v) is 17.9. The molecule has 1 saturated heterocycles. The van der Waals surface area contributed by atoms with E-state index in [1.54, 1.807) is 20.0 Å². The van der Waals surface area contributed by atoms with Gasteiger partial charge < -0.3 is 10.2 Å². The number of pyridine rings is 1. The third-order valence-electron chi connectivity index (χ3n) is 4.97. The van der Waals surface area contributed by atoms with E-state index >= 15 is 0 Å². The van der Waals surface area contributed by atoms with Crippen molar-refractivity contribution in [1.29, 1.82) is 0 Å². The number of nitrogens with zero attached hydrogens (tertiary/aromatic N) is 6. The third-order valence-corrected chi connectivity index (χ3v) is 7.13. The maximum absolute atomic E-state index is 13.0. The van der Waals surface area contributed by atoms with Crippen LogP contribution in [0.3, 0.4) is 0 Å². The average molecular weight is 429 g/mol. The third kappa shape index (κ3) is 3.98. The number of aromatic amines is 1. The van der Waals surface area contributed by atoms with E-state index in [2.05, 4.69) is 35.4 Å². The standard InChI is InChI=1S/C19H24N8O2S/c1-13-19(14(2)25-24-13)30(28,29)27-10-8-26(9-11-27)18-12-17(21-15(3)22-18)23-16-6-4-5-7-20-16/h4-7,12H,8-11H2,1-3H3,(H,24,25)(H,20,21,22,23). The second kappa shape index (κ2) is 8.00. The average Bonchev–Trinajstić information content (AvgIpc) is 3.07. The molecule has 0 amide bonds. The number of aromatic nitrogens is 5. The van der Waals surface area contributed by atoms with Gasteiger partial charge in [-0.25, -0.2) is 23.4 Å². The van der Waals surface area contributed by atoms with Crippen LogP contribution in [0.2, 0.25) is 0 Å². The molecule has 0 spiro atoms. The summed E-state index contributed by atoms with van der Waals surface area (Å²) < 4.78 is 27.6. The summed E-state index contributed by atoms with van der Waals surface area (Å²) in [6.45, 7) is 7.08. The van der Waals surface area contributed by atoms with E-state index < -0.39 is 10.0 Å². The predicted octanol–water partition coefficient (Wildman–Crippen LogP) is 1.77. The van der Waals surface area contributed by atoms with Gasteiger partial charge in [-0.05, 0) is 32.9 Å². The monoisotopic (exact) mass is 428 g/mol. The fourth-order valence-electron chi connectivity index (χ4n) is 3.55. The molecule has 158 valence electrons. The Kier molecular flexibility index (Phi) is 5.39. The fourth-order valence-corrected chi connectivity index (χ4v) is 5.31. The van der Waals surface area contributed by atoms with Gasteiger partial charge in [0.25, 0.3) is 0 Å². The Balaban J connectivity index is 1.49. The molecule has 0 unspecified atom stereocenters. The Morgan fingerprint density at radius 2 is 1.80 bits per heavy atom. The summed E-state index contributed by atoms with van der Waals surface area (Å²) in [6, 6.07) is 7.46. The molecule has 1 aliphatic rings. The van der Waals surface area contributed by atoms with Gasteiger partial charge in [0.1, 0.15) is 28.2 Å². The molecule has 0 atom stereocenters. The van der Waals surface area contributed by atoms with Crippen molar-refractivity contribution in [2.45, 2.75) is 25.7 Å². The van der Waals surface area contributed by atoms with Gasteiger partial charge in [0.2, 0.25) is 10.0 Å². The van der Waals surface area contributed by atoms with E-state index in [4.69, 9.17) is 0 Å². The second-order valence-electron chi connectivity index (χ2n) is 7.15. The minimum atomic E-state index is -3.58. The minimum absolute atomic E-state index is 0.274. The molecule has 30 heavy (non-hydrogen) atoms. The number of aryl methyl sites for hydroxylation is 3. The molecule has 1 aliphatic heterocycles. The molecule has 0 aliphatic carbocycles. The van der Waals surface area contributed by atoms with Crippen molar-refractivity contribution in [1.82, 2.24) is 29.5 Å². The molecule has 0 bridgehead atoms. The maximum atomic E-state index is 13.0. The van der Waals surface area contributed by atoms with Gasteiger partial charge in [-0.3, -0.25) is 5.10 Å². The van der Waals surface area contributed by atoms with Gasteiger partial charge in [-0.2, -0.15) is 9.40 Å². The van der Waals surface area contributed by atoms with Crippen LogP contribution < -0.4 is 10.2 Å². The normalized spacial score (nSPS) is 15.4. The van der Waals surface area contributed by atoms with Crippen molar-refractivity contribution in [3.63, 3.8) is 0 Å². The van der Waals surface area contributed by atoms with Crippen LogP contribution in [0.15, 0.2) is 35.4 Å². The summed E-state index contributed by atoms with van der Waals surface area (Å²) in [4.78, 5) is 15.6. The summed E-state index contributed by atoms with van der Waals surface area (Å²) in [5, 5.41) is 9.96. The van der Waals surface area contributed by atoms with Gasteiger partial charge in [0, 0.05) is 38.4 Å². The van der Waals surface area contributed by atoms with Crippen LogP contribution in [0.4, 0.5) is 17.5 Å². The Labute approximate surface area is 175 Å². The Morgan fingerprint density at radius 3 is 2.43 bits per heavy atom. The maximum Gasteiger partial charge on any atom is 0.246 e. The molecule has 1 fully saturated rings. The lowest BCUT2D eigenvalue weighted by Gasteiger charge is -2.34. The molecule has 4 rings (SSSR count). The fraction of sp³-hybridized carbons (Fsp3) is 0.368. The van der Waals surface area contributed by atoms with Crippen LogP contribution in [0.5, 0.6) is 0 Å². The Hall–Kier alpha value is -3.05. The first kappa shape index (κ1) is 20.2. The first-order valence-electron chi connectivity index (χ1n) is 9.65. The number of hydrogen-bond acceptors (Lipinski definition) is 8. The van der Waals surface area contributed by atoms with E-state index in [1.807, 2.05) is 31.2 Å². The van der Waals surface area contributed by atoms with E-state index in [9.17, 15) is 8.42 Å². The Bertz CT molecular complexity index is 1120. The summed E-state index contributed by atoms with van der Waals surface area (Å²) in [5.74, 6) is 2.73. The quantitative estimate of drug-likeness (QED) is 0.631. The van der Waals surface area contributed by atoms with Crippen molar-refractivity contribution in [3.8, 4) is 0 Å². The lowest BCUT2D eigenvalue weighted by Crippen LogP contribution is -2.49. The van der Waals surface area contributed by atoms with E-state index in [0.29, 0.717) is 55.0 Å². The lowest BCUT2D eigenvalue weighted by atomic mass is 10.3. The predicted molar refractivity (Wildman–Crippen MR) is 113 cm³/mol. The number of hydrogen-bond donors (Lipinski definition) is 2. The van der Waals surface area contributed by atoms with Crippen LogP contribution in [0, 0.1) is 20.8 Å². The van der Waals surface area contributed by atoms with Gasteiger partial charge >= 0.3 is 0 Å². The van der Waals surface area contributed by atoms with Crippen LogP contribution in [-0.4, -0.2) is 64.1 Å². The highest BCUT2D eigenvalue weighted by atomic mass is 32.2. The first-order valence-corrected chi connectivity index (χ1v) is 11.1. The summed E-state index contributed by atoms with van der Waals surface area (Å²) in [7, 11) is -3.58. The molecule has 10 nitrogen and oxygen atoms in total. The van der Waals surface area contributed by atoms with Gasteiger partial charge in [0.05, 0.1) is 11.4 Å². The van der Waals surface area contributed by atoms with E-state index in [0.717, 1.165) is 5.82 Å². The van der Waals surface area contributed by atoms with Crippen molar-refractivity contribution in [3.05, 3.63) is 47.7 Å². The highest BCUT2D eigenvalue weighted by Gasteiger charge is 2.32. The molecule has 2 N–H and O–H groups in total. The van der Waals surface area contributed by atoms with Crippen LogP contribution >= 0.6 is 0 Å². The summed E-state index contributed by atoms with van der Waals surface area (Å²) >= 11 is 0. The highest BCUT2D eigenvalue weighted by Crippen LogP contribution is 2.25. The molecular weight excluding hydrogens is 404 g/mol. The number of sulfonamides is 1. The number of rotatable bonds is 5. The largest absolute Gasteiger partial charge is 0.354 e. The zero-order valence-electron chi connectivity index (χ0n) is 17.1. The van der Waals surface area contributed by atoms with Crippen molar-refractivity contribution in [2.75, 3.05) is 36.4 Å². The topological polar surface area (TPSA) is 120 Å². The van der Waals surface area contributed by atoms with Crippen LogP contribution in [0.1, 0.15) is 17.2 Å². The number of anilines is 3. The van der Waals surface area contributed by atoms with Crippen molar-refractivity contribution >= 4 is 27.5 Å². The Morgan fingerprint density at radius 1 is 1.03 bits per heavy atom. The molecule has 0 saturated carbocycles. The van der Waals surface area contributed by atoms with Gasteiger partial charge in [0.15, 0.2) is 0 Å². The van der Waals surface area contributed by atoms with Crippen molar-refractivity contribution in [2.24, 2.45) is 0 Å². The molecular formula is C19H24N8O2S. The highest BCUT2D eigenvalue weighted by molar-refractivity contribution is 7.89. The molecule has 3 aromatic rings.